The molecule has 0 unspecified atom stereocenters. The minimum Gasteiger partial charge on any atom is -0.454 e. The van der Waals surface area contributed by atoms with Crippen LogP contribution in [0.4, 0.5) is 0 Å². The highest BCUT2D eigenvalue weighted by Gasteiger charge is 2.31. The number of carbonyl (C=O) groups excluding carboxylic acids is 2. The summed E-state index contributed by atoms with van der Waals surface area (Å²) in [7, 11) is 0. The molecular weight excluding hydrogens is 328 g/mol. The van der Waals surface area contributed by atoms with Gasteiger partial charge in [-0.15, -0.1) is 0 Å². The number of hydrogen-bond donors (Lipinski definition) is 2. The highest BCUT2D eigenvalue weighted by Crippen LogP contribution is 2.40. The van der Waals surface area contributed by atoms with Crippen molar-refractivity contribution in [1.29, 1.82) is 0 Å². The van der Waals surface area contributed by atoms with Gasteiger partial charge in [0.15, 0.2) is 11.5 Å². The monoisotopic (exact) mass is 334 g/mol. The minimum atomic E-state index is -0.430. The number of fused-ring (bicyclic) bond motifs is 2. The average Bonchev–Trinajstić information content (AvgIpc) is 3.08. The molecule has 6 nitrogen and oxygen atoms in total. The van der Waals surface area contributed by atoms with Gasteiger partial charge in [0.1, 0.15) is 0 Å². The number of carbonyl (C=O) groups is 2. The third-order valence-corrected chi connectivity index (χ3v) is 4.07. The van der Waals surface area contributed by atoms with Crippen LogP contribution in [0, 0.1) is 0 Å². The van der Waals surface area contributed by atoms with Gasteiger partial charge in [-0.3, -0.25) is 14.9 Å². The number of amides is 2. The van der Waals surface area contributed by atoms with E-state index in [0.717, 1.165) is 10.9 Å². The second kappa shape index (κ2) is 3.86. The van der Waals surface area contributed by atoms with E-state index in [1.54, 1.807) is 12.3 Å². The van der Waals surface area contributed by atoms with Gasteiger partial charge in [-0.05, 0) is 22.0 Å². The van der Waals surface area contributed by atoms with E-state index >= 15 is 0 Å². The summed E-state index contributed by atoms with van der Waals surface area (Å²) in [6.45, 7) is 0.183. The number of imide groups is 1. The summed E-state index contributed by atoms with van der Waals surface area (Å²) in [6.07, 6.45) is 1.69. The molecule has 2 aromatic rings. The summed E-state index contributed by atoms with van der Waals surface area (Å²) in [6, 6.07) is 3.61. The topological polar surface area (TPSA) is 80.4 Å². The molecule has 7 heteroatoms. The molecule has 1 aromatic heterocycles. The number of halogens is 1. The van der Waals surface area contributed by atoms with Crippen LogP contribution in [-0.2, 0) is 9.59 Å². The van der Waals surface area contributed by atoms with E-state index in [1.165, 1.54) is 0 Å². The summed E-state index contributed by atoms with van der Waals surface area (Å²) >= 11 is 3.16. The Kier molecular flexibility index (Phi) is 2.23. The van der Waals surface area contributed by atoms with Crippen molar-refractivity contribution in [3.05, 3.63) is 28.4 Å². The van der Waals surface area contributed by atoms with Crippen molar-refractivity contribution in [2.75, 3.05) is 6.79 Å². The van der Waals surface area contributed by atoms with Crippen LogP contribution < -0.4 is 14.8 Å². The van der Waals surface area contributed by atoms with Crippen molar-refractivity contribution in [3.8, 4) is 11.5 Å². The maximum atomic E-state index is 11.9. The zero-order valence-corrected chi connectivity index (χ0v) is 11.5. The van der Waals surface area contributed by atoms with Crippen molar-refractivity contribution in [2.24, 2.45) is 0 Å². The summed E-state index contributed by atoms with van der Waals surface area (Å²) < 4.78 is 10.9. The smallest absolute Gasteiger partial charge is 0.265 e. The number of aromatic nitrogens is 1. The van der Waals surface area contributed by atoms with Crippen molar-refractivity contribution >= 4 is 44.2 Å². The Bertz CT molecular complexity index is 821. The van der Waals surface area contributed by atoms with Crippen molar-refractivity contribution in [2.45, 2.75) is 0 Å². The molecule has 3 heterocycles. The molecule has 0 saturated heterocycles. The third-order valence-electron chi connectivity index (χ3n) is 3.32. The molecule has 2 aliphatic heterocycles. The largest absolute Gasteiger partial charge is 0.454 e. The highest BCUT2D eigenvalue weighted by molar-refractivity contribution is 9.12. The molecule has 20 heavy (non-hydrogen) atoms. The summed E-state index contributed by atoms with van der Waals surface area (Å²) in [5.74, 6) is 0.436. The van der Waals surface area contributed by atoms with E-state index in [9.17, 15) is 9.59 Å². The van der Waals surface area contributed by atoms with Gasteiger partial charge in [-0.1, -0.05) is 0 Å². The van der Waals surface area contributed by atoms with E-state index in [0.29, 0.717) is 22.6 Å². The zero-order chi connectivity index (χ0) is 13.9. The molecule has 0 fully saturated rings. The van der Waals surface area contributed by atoms with Gasteiger partial charge in [0.05, 0.1) is 10.1 Å². The Hall–Kier alpha value is -2.28. The molecule has 0 radical (unpaired) electrons. The number of hydrogen-bond acceptors (Lipinski definition) is 4. The zero-order valence-electron chi connectivity index (χ0n) is 9.95. The van der Waals surface area contributed by atoms with Crippen LogP contribution in [0.15, 0.2) is 22.8 Å². The number of benzene rings is 1. The Labute approximate surface area is 120 Å². The normalized spacial score (nSPS) is 17.2. The fourth-order valence-electron chi connectivity index (χ4n) is 2.39. The van der Waals surface area contributed by atoms with Crippen LogP contribution in [0.1, 0.15) is 5.56 Å². The molecule has 0 atom stereocenters. The predicted octanol–water partition coefficient (Wildman–Crippen LogP) is 1.66. The molecule has 2 N–H and O–H groups in total. The van der Waals surface area contributed by atoms with Crippen LogP contribution in [0.3, 0.4) is 0 Å². The van der Waals surface area contributed by atoms with E-state index < -0.39 is 11.8 Å². The number of H-pyrrole nitrogens is 1. The predicted molar refractivity (Wildman–Crippen MR) is 73.4 cm³/mol. The molecule has 4 rings (SSSR count). The number of ether oxygens (including phenoxy) is 2. The standard InChI is InChI=1S/C13H7BrN2O4/c14-11-10(12(17)16-13(11)18)6-3-15-7-2-9-8(1-5(6)7)19-4-20-9/h1-3,15H,4H2,(H,16,17,18). The third kappa shape index (κ3) is 1.44. The van der Waals surface area contributed by atoms with E-state index in [2.05, 4.69) is 26.2 Å². The minimum absolute atomic E-state index is 0.183. The number of nitrogens with one attached hydrogen (secondary N) is 2. The molecule has 100 valence electrons. The van der Waals surface area contributed by atoms with Gasteiger partial charge in [0.2, 0.25) is 6.79 Å². The van der Waals surface area contributed by atoms with Gasteiger partial charge in [-0.2, -0.15) is 0 Å². The van der Waals surface area contributed by atoms with Crippen molar-refractivity contribution in [3.63, 3.8) is 0 Å². The molecule has 0 saturated carbocycles. The highest BCUT2D eigenvalue weighted by atomic mass is 79.9. The Morgan fingerprint density at radius 1 is 1.10 bits per heavy atom. The van der Waals surface area contributed by atoms with Crippen LogP contribution in [0.5, 0.6) is 11.5 Å². The average molecular weight is 335 g/mol. The summed E-state index contributed by atoms with van der Waals surface area (Å²) in [5.41, 5.74) is 1.78. The lowest BCUT2D eigenvalue weighted by Gasteiger charge is -2.00. The van der Waals surface area contributed by atoms with Gasteiger partial charge in [0, 0.05) is 28.7 Å². The van der Waals surface area contributed by atoms with E-state index in [4.69, 9.17) is 9.47 Å². The number of rotatable bonds is 1. The first-order valence-corrected chi connectivity index (χ1v) is 6.61. The number of aromatic amines is 1. The van der Waals surface area contributed by atoms with Crippen molar-refractivity contribution < 1.29 is 19.1 Å². The second-order valence-electron chi connectivity index (χ2n) is 4.43. The van der Waals surface area contributed by atoms with Crippen LogP contribution in [-0.4, -0.2) is 23.6 Å². The maximum absolute atomic E-state index is 11.9. The molecule has 2 aliphatic rings. The first kappa shape index (κ1) is 11.5. The molecular formula is C13H7BrN2O4. The van der Waals surface area contributed by atoms with Crippen molar-refractivity contribution in [1.82, 2.24) is 10.3 Å². The maximum Gasteiger partial charge on any atom is 0.265 e. The lowest BCUT2D eigenvalue weighted by molar-refractivity contribution is -0.123. The molecule has 0 bridgehead atoms. The fourth-order valence-corrected chi connectivity index (χ4v) is 2.89. The molecule has 1 aromatic carbocycles. The van der Waals surface area contributed by atoms with Crippen LogP contribution in [0.25, 0.3) is 16.5 Å². The first-order valence-electron chi connectivity index (χ1n) is 5.81. The quantitative estimate of drug-likeness (QED) is 0.777. The van der Waals surface area contributed by atoms with Crippen LogP contribution >= 0.6 is 15.9 Å². The first-order chi connectivity index (χ1) is 9.65. The second-order valence-corrected chi connectivity index (χ2v) is 5.22. The molecule has 0 aliphatic carbocycles. The molecule has 0 spiro atoms. The van der Waals surface area contributed by atoms with Gasteiger partial charge in [0.25, 0.3) is 11.8 Å². The SMILES string of the molecule is O=C1NC(=O)C(c2c[nH]c3cc4c(cc23)OCO4)=C1Br. The molecule has 2 amide bonds. The summed E-state index contributed by atoms with van der Waals surface area (Å²) in [5, 5.41) is 3.05. The Morgan fingerprint density at radius 3 is 2.55 bits per heavy atom. The van der Waals surface area contributed by atoms with Gasteiger partial charge >= 0.3 is 0 Å². The van der Waals surface area contributed by atoms with Gasteiger partial charge < -0.3 is 14.5 Å². The van der Waals surface area contributed by atoms with E-state index in [-0.39, 0.29) is 11.3 Å². The summed E-state index contributed by atoms with van der Waals surface area (Å²) in [4.78, 5) is 26.5. The van der Waals surface area contributed by atoms with Crippen LogP contribution in [0.2, 0.25) is 0 Å². The lowest BCUT2D eigenvalue weighted by atomic mass is 10.0. The Balaban J connectivity index is 1.98. The van der Waals surface area contributed by atoms with Gasteiger partial charge in [-0.25, -0.2) is 0 Å². The Morgan fingerprint density at radius 2 is 1.85 bits per heavy atom. The fraction of sp³-hybridized carbons (Fsp3) is 0.0769. The lowest BCUT2D eigenvalue weighted by Crippen LogP contribution is -2.22. The van der Waals surface area contributed by atoms with E-state index in [1.807, 2.05) is 6.07 Å².